The molecular formula is C62H60Cl2SiZr. The Morgan fingerprint density at radius 2 is 0.636 bits per heavy atom. The van der Waals surface area contributed by atoms with Gasteiger partial charge in [-0.25, -0.2) is 0 Å². The molecule has 2 unspecified atom stereocenters. The number of hydrogen-bond donors (Lipinski definition) is 0. The van der Waals surface area contributed by atoms with Crippen LogP contribution < -0.4 is 0 Å². The summed E-state index contributed by atoms with van der Waals surface area (Å²) in [6.07, 6.45) is 7.18. The molecule has 0 saturated carbocycles. The van der Waals surface area contributed by atoms with Crippen molar-refractivity contribution in [3.05, 3.63) is 249 Å². The van der Waals surface area contributed by atoms with Gasteiger partial charge in [-0.3, -0.25) is 0 Å². The molecule has 0 aromatic heterocycles. The van der Waals surface area contributed by atoms with Crippen LogP contribution in [0.15, 0.2) is 193 Å². The average Bonchev–Trinajstić information content (AvgIpc) is 3.88. The molecule has 0 saturated heterocycles. The molecule has 0 amide bonds. The van der Waals surface area contributed by atoms with E-state index < -0.39 is 17.4 Å². The second-order valence-corrected chi connectivity index (χ2v) is 50.5. The molecule has 0 fully saturated rings. The fourth-order valence-corrected chi connectivity index (χ4v) is 30.8. The zero-order chi connectivity index (χ0) is 44.2. The standard InChI is InChI=1S/2C30H25.2CH3.2ClH.H2Si.Zr/c2*1-21-8-12-25(13-9-21)27-16-17-28(26-14-10-22(2)11-15-26)30-20-24(19-29(27)30)18-23-6-4-3-5-7-23;;;;;;/h2*3-17,19-20H,18H2,1-2H3;2*1H3;2*1H;1H2;. The zero-order valence-electron chi connectivity index (χ0n) is 39.1. The van der Waals surface area contributed by atoms with E-state index >= 15 is 0 Å². The van der Waals surface area contributed by atoms with E-state index in [1.54, 1.807) is 11.1 Å². The molecule has 8 aromatic rings. The molecule has 0 bridgehead atoms. The van der Waals surface area contributed by atoms with E-state index in [4.69, 9.17) is 0 Å². The third-order valence-electron chi connectivity index (χ3n) is 14.4. The third-order valence-corrected chi connectivity index (χ3v) is 31.8. The van der Waals surface area contributed by atoms with Gasteiger partial charge >= 0.3 is 387 Å². The predicted octanol–water partition coefficient (Wildman–Crippen LogP) is 16.8. The van der Waals surface area contributed by atoms with Crippen molar-refractivity contribution in [1.82, 2.24) is 0 Å². The Hall–Kier alpha value is -5.08. The summed E-state index contributed by atoms with van der Waals surface area (Å²) in [5.41, 5.74) is 27.5. The fraction of sp³-hybridized carbons (Fsp3) is 0.161. The summed E-state index contributed by atoms with van der Waals surface area (Å²) < 4.78 is 6.24. The molecule has 0 aliphatic heterocycles. The van der Waals surface area contributed by atoms with Gasteiger partial charge in [-0.05, 0) is 0 Å². The molecule has 0 N–H and O–H groups in total. The molecule has 10 rings (SSSR count). The molecule has 2 aliphatic rings. The first-order valence-corrected chi connectivity index (χ1v) is 36.8. The molecule has 0 heterocycles. The summed E-state index contributed by atoms with van der Waals surface area (Å²) in [6.45, 7) is 11.3. The first kappa shape index (κ1) is 47.4. The Kier molecular flexibility index (Phi) is 13.6. The van der Waals surface area contributed by atoms with Crippen LogP contribution in [0.5, 0.6) is 0 Å². The van der Waals surface area contributed by atoms with Crippen molar-refractivity contribution in [1.29, 1.82) is 0 Å². The maximum Gasteiger partial charge on any atom is -0.147 e. The smallest absolute Gasteiger partial charge is 0.147 e. The minimum atomic E-state index is -4.40. The van der Waals surface area contributed by atoms with Crippen LogP contribution in [0.3, 0.4) is 0 Å². The van der Waals surface area contributed by atoms with Crippen molar-refractivity contribution in [2.75, 3.05) is 0 Å². The van der Waals surface area contributed by atoms with Crippen molar-refractivity contribution >= 4 is 43.8 Å². The van der Waals surface area contributed by atoms with Crippen LogP contribution in [0.2, 0.25) is 9.26 Å². The Morgan fingerprint density at radius 3 is 0.939 bits per heavy atom. The average molecular weight is 995 g/mol. The van der Waals surface area contributed by atoms with E-state index in [1.165, 1.54) is 100 Å². The summed E-state index contributed by atoms with van der Waals surface area (Å²) >= 11 is -4.40. The molecule has 4 heteroatoms. The maximum absolute atomic E-state index is 4.40. The van der Waals surface area contributed by atoms with E-state index in [9.17, 15) is 0 Å². The summed E-state index contributed by atoms with van der Waals surface area (Å²) in [5.74, 6) is 0. The molecule has 0 nitrogen and oxygen atoms in total. The van der Waals surface area contributed by atoms with Crippen LogP contribution in [0.1, 0.15) is 62.9 Å². The Balaban J connectivity index is 0.00000296. The van der Waals surface area contributed by atoms with Crippen molar-refractivity contribution in [2.24, 2.45) is 0 Å². The summed E-state index contributed by atoms with van der Waals surface area (Å²) in [6, 6.07) is 69.4. The summed E-state index contributed by atoms with van der Waals surface area (Å²) in [4.78, 5) is 0. The normalized spacial score (nSPS) is 15.2. The topological polar surface area (TPSA) is 0 Å². The van der Waals surface area contributed by atoms with Crippen molar-refractivity contribution in [3.63, 3.8) is 0 Å². The Bertz CT molecular complexity index is 2960. The predicted molar refractivity (Wildman–Crippen MR) is 290 cm³/mol. The molecule has 2 aliphatic carbocycles. The molecular weight excluding hydrogens is 935 g/mol. The van der Waals surface area contributed by atoms with E-state index in [0.717, 1.165) is 12.8 Å². The Morgan fingerprint density at radius 1 is 0.364 bits per heavy atom. The van der Waals surface area contributed by atoms with Gasteiger partial charge in [-0.2, -0.15) is 0 Å². The summed E-state index contributed by atoms with van der Waals surface area (Å²) in [7, 11) is 0. The molecule has 0 spiro atoms. The van der Waals surface area contributed by atoms with Crippen LogP contribution >= 0.6 is 24.8 Å². The number of rotatable bonds is 10. The largest absolute Gasteiger partial charge is 0.147 e. The van der Waals surface area contributed by atoms with Gasteiger partial charge < -0.3 is 0 Å². The summed E-state index contributed by atoms with van der Waals surface area (Å²) in [5, 5.41) is 0. The zero-order valence-corrected chi connectivity index (χ0v) is 44.6. The quantitative estimate of drug-likeness (QED) is 0.120. The van der Waals surface area contributed by atoms with Gasteiger partial charge in [0.2, 0.25) is 0 Å². The van der Waals surface area contributed by atoms with Gasteiger partial charge in [-0.15, -0.1) is 24.8 Å². The first-order valence-electron chi connectivity index (χ1n) is 23.1. The molecule has 2 atom stereocenters. The molecule has 0 radical (unpaired) electrons. The van der Waals surface area contributed by atoms with Crippen LogP contribution in [-0.2, 0) is 30.2 Å². The molecule has 330 valence electrons. The van der Waals surface area contributed by atoms with Crippen LogP contribution in [0, 0.1) is 27.7 Å². The Labute approximate surface area is 408 Å². The van der Waals surface area contributed by atoms with E-state index in [2.05, 4.69) is 238 Å². The van der Waals surface area contributed by atoms with Gasteiger partial charge in [0, 0.05) is 0 Å². The van der Waals surface area contributed by atoms with E-state index in [0.29, 0.717) is 0 Å². The number of halogens is 2. The third kappa shape index (κ3) is 8.91. The van der Waals surface area contributed by atoms with Gasteiger partial charge in [0.1, 0.15) is 0 Å². The van der Waals surface area contributed by atoms with E-state index in [-0.39, 0.29) is 32.1 Å². The second-order valence-electron chi connectivity index (χ2n) is 20.0. The second kappa shape index (κ2) is 18.9. The number of aryl methyl sites for hydroxylation is 4. The number of allylic oxidation sites excluding steroid dienone is 2. The first-order chi connectivity index (χ1) is 30.9. The number of fused-ring (bicyclic) bond motifs is 2. The van der Waals surface area contributed by atoms with Gasteiger partial charge in [0.15, 0.2) is 0 Å². The van der Waals surface area contributed by atoms with Crippen molar-refractivity contribution in [2.45, 2.75) is 57.1 Å². The van der Waals surface area contributed by atoms with Crippen LogP contribution in [-0.4, -0.2) is 6.88 Å². The van der Waals surface area contributed by atoms with Gasteiger partial charge in [0.25, 0.3) is 0 Å². The van der Waals surface area contributed by atoms with Gasteiger partial charge in [-0.1, -0.05) is 0 Å². The maximum atomic E-state index is 2.84. The fourth-order valence-electron chi connectivity index (χ4n) is 11.4. The molecule has 8 aromatic carbocycles. The van der Waals surface area contributed by atoms with Crippen molar-refractivity contribution in [3.8, 4) is 44.5 Å². The van der Waals surface area contributed by atoms with Crippen molar-refractivity contribution < 1.29 is 17.4 Å². The minimum Gasteiger partial charge on any atom is -0.147 e. The van der Waals surface area contributed by atoms with Crippen LogP contribution in [0.4, 0.5) is 0 Å². The monoisotopic (exact) mass is 992 g/mol. The SMILES string of the molecule is Cc1ccc(-c2ccc(-c3ccc(C)cc3)c3c2C=C(Cc2ccccc2)[CH]3[Zr]([CH3])([CH3])(=[SiH2])[CH]2C(Cc3ccccc3)=Cc3c(-c4ccc(C)cc4)ccc(-c4ccc(C)cc4)c32)cc1.Cl.Cl. The molecule has 66 heavy (non-hydrogen) atoms. The minimum absolute atomic E-state index is 0. The number of hydrogen-bond acceptors (Lipinski definition) is 0. The van der Waals surface area contributed by atoms with Gasteiger partial charge in [0.05, 0.1) is 0 Å². The number of benzene rings is 8. The van der Waals surface area contributed by atoms with E-state index in [1.807, 2.05) is 0 Å². The van der Waals surface area contributed by atoms with Crippen LogP contribution in [0.25, 0.3) is 56.7 Å².